The molecule has 0 fully saturated rings. The largest absolute Gasteiger partial charge is 0.412 e. The quantitative estimate of drug-likeness (QED) is 0.629. The Hall–Kier alpha value is -0.750. The Morgan fingerprint density at radius 2 is 1.58 bits per heavy atom. The standard InChI is InChI=1S/C7H8O2S.2H2O/c1-6-2-4-7(5-3-6)10(8)9;;/h2-5H,1H3,(H,8,9);2*1H2. The molecule has 0 amide bonds. The molecule has 1 aromatic carbocycles. The zero-order chi connectivity index (χ0) is 7.56. The molecule has 0 radical (unpaired) electrons. The van der Waals surface area contributed by atoms with E-state index < -0.39 is 11.1 Å². The van der Waals surface area contributed by atoms with Crippen LogP contribution in [0.25, 0.3) is 0 Å². The smallest absolute Gasteiger partial charge is 0.186 e. The van der Waals surface area contributed by atoms with Gasteiger partial charge >= 0.3 is 0 Å². The second-order valence-corrected chi connectivity index (χ2v) is 3.03. The Kier molecular flexibility index (Phi) is 6.73. The monoisotopic (exact) mass is 192 g/mol. The lowest BCUT2D eigenvalue weighted by molar-refractivity contribution is 0.564. The lowest BCUT2D eigenvalue weighted by atomic mass is 10.2. The second kappa shape index (κ2) is 5.84. The molecule has 0 heterocycles. The van der Waals surface area contributed by atoms with Crippen molar-refractivity contribution < 1.29 is 19.7 Å². The molecule has 0 bridgehead atoms. The lowest BCUT2D eigenvalue weighted by Crippen LogP contribution is -1.86. The van der Waals surface area contributed by atoms with Crippen LogP contribution in [0.2, 0.25) is 0 Å². The van der Waals surface area contributed by atoms with Gasteiger partial charge in [0.15, 0.2) is 11.1 Å². The minimum Gasteiger partial charge on any atom is -0.412 e. The van der Waals surface area contributed by atoms with Crippen molar-refractivity contribution in [2.45, 2.75) is 11.8 Å². The molecule has 1 unspecified atom stereocenters. The van der Waals surface area contributed by atoms with E-state index in [1.165, 1.54) is 0 Å². The molecule has 1 rings (SSSR count). The number of hydrogen-bond acceptors (Lipinski definition) is 1. The normalized spacial score (nSPS) is 10.8. The predicted octanol–water partition coefficient (Wildman–Crippen LogP) is -0.0738. The molecule has 0 aliphatic heterocycles. The van der Waals surface area contributed by atoms with Crippen LogP contribution in [0.1, 0.15) is 5.56 Å². The summed E-state index contributed by atoms with van der Waals surface area (Å²) in [5.74, 6) is 0. The van der Waals surface area contributed by atoms with Crippen molar-refractivity contribution in [3.8, 4) is 0 Å². The first-order chi connectivity index (χ1) is 4.70. The third kappa shape index (κ3) is 3.59. The van der Waals surface area contributed by atoms with Gasteiger partial charge in [-0.1, -0.05) is 17.7 Å². The van der Waals surface area contributed by atoms with E-state index in [2.05, 4.69) is 0 Å². The summed E-state index contributed by atoms with van der Waals surface area (Å²) in [7, 11) is 0. The fourth-order valence-electron chi connectivity index (χ4n) is 0.655. The third-order valence-corrected chi connectivity index (χ3v) is 1.90. The second-order valence-electron chi connectivity index (χ2n) is 2.06. The minimum atomic E-state index is -1.84. The molecule has 0 aliphatic rings. The summed E-state index contributed by atoms with van der Waals surface area (Å²) in [6, 6.07) is 6.91. The van der Waals surface area contributed by atoms with Gasteiger partial charge in [0, 0.05) is 0 Å². The molecule has 5 N–H and O–H groups in total. The molecule has 1 aromatic rings. The Balaban J connectivity index is 0. The van der Waals surface area contributed by atoms with Gasteiger partial charge in [0.05, 0.1) is 4.90 Å². The summed E-state index contributed by atoms with van der Waals surface area (Å²) in [5, 5.41) is 0. The third-order valence-electron chi connectivity index (χ3n) is 1.22. The molecule has 5 heteroatoms. The van der Waals surface area contributed by atoms with E-state index in [1.807, 2.05) is 19.1 Å². The molecule has 0 aliphatic carbocycles. The van der Waals surface area contributed by atoms with Crippen molar-refractivity contribution in [1.82, 2.24) is 0 Å². The molecule has 1 atom stereocenters. The van der Waals surface area contributed by atoms with Crippen molar-refractivity contribution >= 4 is 11.1 Å². The van der Waals surface area contributed by atoms with E-state index in [4.69, 9.17) is 4.55 Å². The van der Waals surface area contributed by atoms with Gasteiger partial charge in [0.1, 0.15) is 0 Å². The van der Waals surface area contributed by atoms with E-state index in [1.54, 1.807) is 12.1 Å². The van der Waals surface area contributed by atoms with Crippen molar-refractivity contribution in [3.05, 3.63) is 29.8 Å². The van der Waals surface area contributed by atoms with Crippen LogP contribution in [0.4, 0.5) is 0 Å². The molecular weight excluding hydrogens is 180 g/mol. The molecule has 12 heavy (non-hydrogen) atoms. The molecule has 0 aromatic heterocycles. The molecule has 4 nitrogen and oxygen atoms in total. The molecular formula is C7H12O4S. The van der Waals surface area contributed by atoms with Gasteiger partial charge in [-0.3, -0.25) is 0 Å². The Labute approximate surface area is 73.1 Å². The van der Waals surface area contributed by atoms with E-state index in [-0.39, 0.29) is 11.0 Å². The van der Waals surface area contributed by atoms with Crippen molar-refractivity contribution in [2.75, 3.05) is 0 Å². The van der Waals surface area contributed by atoms with Crippen LogP contribution in [-0.2, 0) is 11.1 Å². The maximum atomic E-state index is 10.4. The van der Waals surface area contributed by atoms with E-state index in [0.717, 1.165) is 5.56 Å². The van der Waals surface area contributed by atoms with Crippen LogP contribution in [0.5, 0.6) is 0 Å². The van der Waals surface area contributed by atoms with E-state index >= 15 is 0 Å². The van der Waals surface area contributed by atoms with Crippen LogP contribution in [0.15, 0.2) is 29.2 Å². The van der Waals surface area contributed by atoms with Crippen molar-refractivity contribution in [1.29, 1.82) is 0 Å². The lowest BCUT2D eigenvalue weighted by Gasteiger charge is -1.93. The highest BCUT2D eigenvalue weighted by Crippen LogP contribution is 2.05. The first kappa shape index (κ1) is 13.8. The average Bonchev–Trinajstić information content (AvgIpc) is 1.88. The number of aryl methyl sites for hydroxylation is 1. The van der Waals surface area contributed by atoms with E-state index in [0.29, 0.717) is 4.90 Å². The van der Waals surface area contributed by atoms with Gasteiger partial charge in [-0.25, -0.2) is 4.21 Å². The van der Waals surface area contributed by atoms with E-state index in [9.17, 15) is 4.21 Å². The Bertz CT molecular complexity index is 244. The topological polar surface area (TPSA) is 100 Å². The Morgan fingerprint density at radius 1 is 1.17 bits per heavy atom. The number of hydrogen-bond donors (Lipinski definition) is 1. The highest BCUT2D eigenvalue weighted by Gasteiger charge is 1.95. The minimum absolute atomic E-state index is 0. The van der Waals surface area contributed by atoms with Gasteiger partial charge in [-0.15, -0.1) is 0 Å². The predicted molar refractivity (Wildman–Crippen MR) is 47.4 cm³/mol. The summed E-state index contributed by atoms with van der Waals surface area (Å²) in [6.45, 7) is 1.93. The van der Waals surface area contributed by atoms with Crippen LogP contribution in [0.3, 0.4) is 0 Å². The number of rotatable bonds is 1. The summed E-state index contributed by atoms with van der Waals surface area (Å²) < 4.78 is 19.0. The van der Waals surface area contributed by atoms with Gasteiger partial charge in [-0.2, -0.15) is 0 Å². The van der Waals surface area contributed by atoms with Crippen LogP contribution in [-0.4, -0.2) is 19.7 Å². The first-order valence-electron chi connectivity index (χ1n) is 2.87. The maximum absolute atomic E-state index is 10.4. The maximum Gasteiger partial charge on any atom is 0.186 e. The summed E-state index contributed by atoms with van der Waals surface area (Å²) in [6.07, 6.45) is 0. The summed E-state index contributed by atoms with van der Waals surface area (Å²) in [4.78, 5) is 0.450. The number of benzene rings is 1. The van der Waals surface area contributed by atoms with Gasteiger partial charge in [0.25, 0.3) is 0 Å². The zero-order valence-corrected chi connectivity index (χ0v) is 7.39. The van der Waals surface area contributed by atoms with Crippen LogP contribution < -0.4 is 0 Å². The van der Waals surface area contributed by atoms with Gasteiger partial charge in [0.2, 0.25) is 0 Å². The highest BCUT2D eigenvalue weighted by atomic mass is 32.2. The molecule has 70 valence electrons. The van der Waals surface area contributed by atoms with Crippen molar-refractivity contribution in [2.24, 2.45) is 0 Å². The fourth-order valence-corrected chi connectivity index (χ4v) is 1.02. The molecule has 0 saturated heterocycles. The SMILES string of the molecule is Cc1ccc(S(=O)O)cc1.O.O. The average molecular weight is 192 g/mol. The van der Waals surface area contributed by atoms with Crippen LogP contribution in [0, 0.1) is 6.92 Å². The van der Waals surface area contributed by atoms with Crippen LogP contribution >= 0.6 is 0 Å². The summed E-state index contributed by atoms with van der Waals surface area (Å²) >= 11 is -1.84. The summed E-state index contributed by atoms with van der Waals surface area (Å²) in [5.41, 5.74) is 1.09. The van der Waals surface area contributed by atoms with Crippen molar-refractivity contribution in [3.63, 3.8) is 0 Å². The molecule has 0 saturated carbocycles. The zero-order valence-electron chi connectivity index (χ0n) is 6.57. The Morgan fingerprint density at radius 3 is 1.92 bits per heavy atom. The highest BCUT2D eigenvalue weighted by molar-refractivity contribution is 7.79. The molecule has 0 spiro atoms. The van der Waals surface area contributed by atoms with Gasteiger partial charge in [-0.05, 0) is 19.1 Å². The first-order valence-corrected chi connectivity index (χ1v) is 3.98. The van der Waals surface area contributed by atoms with Gasteiger partial charge < -0.3 is 15.5 Å². The fraction of sp³-hybridized carbons (Fsp3) is 0.143.